The van der Waals surface area contributed by atoms with Gasteiger partial charge in [-0.15, -0.1) is 0 Å². The Morgan fingerprint density at radius 2 is 1.67 bits per heavy atom. The van der Waals surface area contributed by atoms with Gasteiger partial charge in [-0.25, -0.2) is 0 Å². The van der Waals surface area contributed by atoms with Crippen molar-refractivity contribution in [3.8, 4) is 0 Å². The van der Waals surface area contributed by atoms with Gasteiger partial charge in [0, 0.05) is 6.04 Å². The first-order valence-corrected chi connectivity index (χ1v) is 7.17. The predicted molar refractivity (Wildman–Crippen MR) is 80.9 cm³/mol. The molecule has 0 fully saturated rings. The lowest BCUT2D eigenvalue weighted by Crippen LogP contribution is -2.22. The summed E-state index contributed by atoms with van der Waals surface area (Å²) in [6, 6.07) is 6.94. The van der Waals surface area contributed by atoms with Crippen LogP contribution < -0.4 is 5.73 Å². The average molecular weight is 247 g/mol. The summed E-state index contributed by atoms with van der Waals surface area (Å²) >= 11 is 0. The first-order chi connectivity index (χ1) is 8.31. The number of nitrogens with two attached hydrogens (primary N) is 1. The average Bonchev–Trinajstić information content (AvgIpc) is 2.29. The number of aryl methyl sites for hydroxylation is 1. The largest absolute Gasteiger partial charge is 0.324 e. The normalized spacial score (nSPS) is 14.0. The van der Waals surface area contributed by atoms with Gasteiger partial charge in [0.1, 0.15) is 0 Å². The van der Waals surface area contributed by atoms with Gasteiger partial charge in [-0.3, -0.25) is 0 Å². The molecule has 1 aromatic carbocycles. The number of rotatable bonds is 4. The Balaban J connectivity index is 3.15. The van der Waals surface area contributed by atoms with Gasteiger partial charge in [0.05, 0.1) is 0 Å². The van der Waals surface area contributed by atoms with Crippen molar-refractivity contribution in [1.29, 1.82) is 0 Å². The van der Waals surface area contributed by atoms with Crippen LogP contribution in [0.25, 0.3) is 0 Å². The van der Waals surface area contributed by atoms with Gasteiger partial charge in [-0.2, -0.15) is 0 Å². The Hall–Kier alpha value is -0.820. The van der Waals surface area contributed by atoms with Gasteiger partial charge in [0.25, 0.3) is 0 Å². The molecule has 1 nitrogen and oxygen atoms in total. The van der Waals surface area contributed by atoms with Gasteiger partial charge in [0.15, 0.2) is 0 Å². The monoisotopic (exact) mass is 247 g/mol. The Bertz CT molecular complexity index is 383. The second-order valence-corrected chi connectivity index (χ2v) is 6.42. The summed E-state index contributed by atoms with van der Waals surface area (Å²) in [7, 11) is 0. The fraction of sp³-hybridized carbons (Fsp3) is 0.647. The minimum atomic E-state index is 0.169. The molecular formula is C17H29N. The first-order valence-electron chi connectivity index (χ1n) is 7.17. The van der Waals surface area contributed by atoms with Crippen molar-refractivity contribution >= 4 is 0 Å². The van der Waals surface area contributed by atoms with Gasteiger partial charge in [-0.1, -0.05) is 65.7 Å². The fourth-order valence-electron chi connectivity index (χ4n) is 2.52. The zero-order valence-corrected chi connectivity index (χ0v) is 12.9. The van der Waals surface area contributed by atoms with E-state index in [2.05, 4.69) is 59.7 Å². The maximum atomic E-state index is 6.47. The van der Waals surface area contributed by atoms with E-state index in [0.29, 0.717) is 5.92 Å². The van der Waals surface area contributed by atoms with E-state index in [9.17, 15) is 0 Å². The summed E-state index contributed by atoms with van der Waals surface area (Å²) in [5.41, 5.74) is 10.7. The maximum absolute atomic E-state index is 6.47. The molecular weight excluding hydrogens is 218 g/mol. The van der Waals surface area contributed by atoms with E-state index < -0.39 is 0 Å². The molecule has 0 heterocycles. The predicted octanol–water partition coefficient (Wildman–Crippen LogP) is 4.73. The summed E-state index contributed by atoms with van der Waals surface area (Å²) in [5, 5.41) is 0. The highest BCUT2D eigenvalue weighted by atomic mass is 14.7. The molecule has 0 aliphatic rings. The highest BCUT2D eigenvalue weighted by Gasteiger charge is 2.21. The molecule has 1 aromatic rings. The molecule has 0 saturated heterocycles. The van der Waals surface area contributed by atoms with E-state index in [4.69, 9.17) is 5.73 Å². The molecule has 1 unspecified atom stereocenters. The number of hydrogen-bond donors (Lipinski definition) is 1. The lowest BCUT2D eigenvalue weighted by atomic mass is 9.81. The summed E-state index contributed by atoms with van der Waals surface area (Å²) in [6.07, 6.45) is 2.30. The lowest BCUT2D eigenvalue weighted by molar-refractivity contribution is 0.403. The van der Waals surface area contributed by atoms with Crippen molar-refractivity contribution in [2.75, 3.05) is 0 Å². The van der Waals surface area contributed by atoms with Crippen LogP contribution in [0, 0.1) is 12.8 Å². The van der Waals surface area contributed by atoms with Crippen molar-refractivity contribution in [3.63, 3.8) is 0 Å². The SMILES string of the molecule is CCC(CC)C(N)c1cc(C(C)(C)C)ccc1C. The minimum absolute atomic E-state index is 0.169. The van der Waals surface area contributed by atoms with E-state index in [1.54, 1.807) is 0 Å². The maximum Gasteiger partial charge on any atom is 0.0326 e. The third kappa shape index (κ3) is 3.35. The second kappa shape index (κ2) is 5.88. The molecule has 0 amide bonds. The minimum Gasteiger partial charge on any atom is -0.324 e. The standard InChI is InChI=1S/C17H29N/c1-7-13(8-2)16(18)15-11-14(17(4,5)6)10-9-12(15)3/h9-11,13,16H,7-8,18H2,1-6H3. The molecule has 1 atom stereocenters. The Kier molecular flexibility index (Phi) is 4.98. The smallest absolute Gasteiger partial charge is 0.0326 e. The van der Waals surface area contributed by atoms with Crippen molar-refractivity contribution in [1.82, 2.24) is 0 Å². The molecule has 0 aliphatic heterocycles. The third-order valence-corrected chi connectivity index (χ3v) is 4.06. The molecule has 2 N–H and O–H groups in total. The summed E-state index contributed by atoms with van der Waals surface area (Å²) < 4.78 is 0. The highest BCUT2D eigenvalue weighted by molar-refractivity contribution is 5.36. The summed E-state index contributed by atoms with van der Waals surface area (Å²) in [6.45, 7) is 13.4. The van der Waals surface area contributed by atoms with E-state index in [1.807, 2.05) is 0 Å². The van der Waals surface area contributed by atoms with E-state index >= 15 is 0 Å². The van der Waals surface area contributed by atoms with Gasteiger partial charge in [0.2, 0.25) is 0 Å². The third-order valence-electron chi connectivity index (χ3n) is 4.06. The number of benzene rings is 1. The Morgan fingerprint density at radius 3 is 2.11 bits per heavy atom. The first kappa shape index (κ1) is 15.2. The van der Waals surface area contributed by atoms with Crippen molar-refractivity contribution < 1.29 is 0 Å². The van der Waals surface area contributed by atoms with Gasteiger partial charge < -0.3 is 5.73 Å². The van der Waals surface area contributed by atoms with E-state index in [1.165, 1.54) is 16.7 Å². The molecule has 102 valence electrons. The molecule has 0 radical (unpaired) electrons. The van der Waals surface area contributed by atoms with Crippen LogP contribution in [0.15, 0.2) is 18.2 Å². The van der Waals surface area contributed by atoms with Crippen LogP contribution in [0.3, 0.4) is 0 Å². The zero-order valence-electron chi connectivity index (χ0n) is 12.9. The molecule has 0 bridgehead atoms. The summed E-state index contributed by atoms with van der Waals surface area (Å²) in [5.74, 6) is 0.582. The topological polar surface area (TPSA) is 26.0 Å². The van der Waals surface area contributed by atoms with Crippen LogP contribution in [-0.2, 0) is 5.41 Å². The quantitative estimate of drug-likeness (QED) is 0.818. The summed E-state index contributed by atoms with van der Waals surface area (Å²) in [4.78, 5) is 0. The van der Waals surface area contributed by atoms with Crippen molar-refractivity contribution in [2.45, 2.75) is 65.8 Å². The fourth-order valence-corrected chi connectivity index (χ4v) is 2.52. The van der Waals surface area contributed by atoms with Gasteiger partial charge >= 0.3 is 0 Å². The highest BCUT2D eigenvalue weighted by Crippen LogP contribution is 2.31. The molecule has 0 saturated carbocycles. The molecule has 0 spiro atoms. The molecule has 18 heavy (non-hydrogen) atoms. The Labute approximate surface area is 113 Å². The molecule has 1 heteroatoms. The van der Waals surface area contributed by atoms with Crippen molar-refractivity contribution in [3.05, 3.63) is 34.9 Å². The van der Waals surface area contributed by atoms with Crippen molar-refractivity contribution in [2.24, 2.45) is 11.7 Å². The molecule has 0 aromatic heterocycles. The van der Waals surface area contributed by atoms with Crippen LogP contribution in [0.1, 0.15) is 70.2 Å². The number of hydrogen-bond acceptors (Lipinski definition) is 1. The van der Waals surface area contributed by atoms with Crippen LogP contribution in [0.4, 0.5) is 0 Å². The lowest BCUT2D eigenvalue weighted by Gasteiger charge is -2.26. The van der Waals surface area contributed by atoms with E-state index in [-0.39, 0.29) is 11.5 Å². The molecule has 0 aliphatic carbocycles. The van der Waals surface area contributed by atoms with Crippen LogP contribution in [0.5, 0.6) is 0 Å². The van der Waals surface area contributed by atoms with E-state index in [0.717, 1.165) is 12.8 Å². The van der Waals surface area contributed by atoms with Gasteiger partial charge in [-0.05, 0) is 34.9 Å². The Morgan fingerprint density at radius 1 is 1.11 bits per heavy atom. The van der Waals surface area contributed by atoms with Crippen LogP contribution in [-0.4, -0.2) is 0 Å². The zero-order chi connectivity index (χ0) is 13.9. The van der Waals surface area contributed by atoms with Crippen LogP contribution >= 0.6 is 0 Å². The molecule has 1 rings (SSSR count). The second-order valence-electron chi connectivity index (χ2n) is 6.42. The van der Waals surface area contributed by atoms with Crippen LogP contribution in [0.2, 0.25) is 0 Å².